The number of nitrogens with zero attached hydrogens (tertiary/aromatic N) is 2. The highest BCUT2D eigenvalue weighted by Crippen LogP contribution is 2.33. The molecule has 0 aliphatic carbocycles. The van der Waals surface area contributed by atoms with Gasteiger partial charge in [-0.2, -0.15) is 0 Å². The minimum Gasteiger partial charge on any atom is -0.300 e. The minimum absolute atomic E-state index is 0.470. The van der Waals surface area contributed by atoms with E-state index in [1.807, 2.05) is 11.6 Å². The summed E-state index contributed by atoms with van der Waals surface area (Å²) in [6, 6.07) is 1.07. The second-order valence-electron chi connectivity index (χ2n) is 4.75. The molecule has 2 atom stereocenters. The maximum absolute atomic E-state index is 11.5. The van der Waals surface area contributed by atoms with Gasteiger partial charge in [-0.15, -0.1) is 11.3 Å². The molecule has 0 amide bonds. The summed E-state index contributed by atoms with van der Waals surface area (Å²) in [6.07, 6.45) is 6.92. The van der Waals surface area contributed by atoms with Crippen molar-refractivity contribution in [3.05, 3.63) is 16.6 Å². The molecular formula is C12H16N2OS. The predicted molar refractivity (Wildman–Crippen MR) is 63.6 cm³/mol. The molecule has 2 fully saturated rings. The molecule has 2 unspecified atom stereocenters. The van der Waals surface area contributed by atoms with Crippen LogP contribution in [0.3, 0.4) is 0 Å². The normalized spacial score (nSPS) is 29.9. The lowest BCUT2D eigenvalue weighted by atomic mass is 10.0. The molecule has 2 aliphatic rings. The number of hydrogen-bond acceptors (Lipinski definition) is 4. The van der Waals surface area contributed by atoms with Crippen LogP contribution in [0.25, 0.3) is 0 Å². The van der Waals surface area contributed by atoms with E-state index in [1.165, 1.54) is 17.8 Å². The third kappa shape index (κ3) is 1.92. The van der Waals surface area contributed by atoms with Gasteiger partial charge in [0.1, 0.15) is 5.78 Å². The molecule has 2 bridgehead atoms. The molecule has 0 aromatic carbocycles. The van der Waals surface area contributed by atoms with Crippen LogP contribution < -0.4 is 0 Å². The van der Waals surface area contributed by atoms with E-state index >= 15 is 0 Å². The van der Waals surface area contributed by atoms with Crippen molar-refractivity contribution in [3.63, 3.8) is 0 Å². The number of rotatable bonds is 3. The monoisotopic (exact) mass is 236 g/mol. The first kappa shape index (κ1) is 10.4. The van der Waals surface area contributed by atoms with E-state index in [4.69, 9.17) is 0 Å². The fourth-order valence-corrected chi connectivity index (χ4v) is 3.64. The van der Waals surface area contributed by atoms with Gasteiger partial charge >= 0.3 is 0 Å². The van der Waals surface area contributed by atoms with Gasteiger partial charge in [-0.1, -0.05) is 0 Å². The molecule has 0 N–H and O–H groups in total. The second kappa shape index (κ2) is 4.26. The fraction of sp³-hybridized carbons (Fsp3) is 0.667. The summed E-state index contributed by atoms with van der Waals surface area (Å²) in [7, 11) is 0. The molecule has 3 nitrogen and oxygen atoms in total. The number of Topliss-reactive ketones (excluding diaryl/α,β-unsaturated/α-hetero) is 1. The summed E-state index contributed by atoms with van der Waals surface area (Å²) in [5.41, 5.74) is 0. The van der Waals surface area contributed by atoms with Gasteiger partial charge in [0, 0.05) is 49.5 Å². The molecule has 2 aliphatic heterocycles. The second-order valence-corrected chi connectivity index (χ2v) is 5.72. The van der Waals surface area contributed by atoms with Crippen LogP contribution in [0.5, 0.6) is 0 Å². The Morgan fingerprint density at radius 1 is 1.38 bits per heavy atom. The van der Waals surface area contributed by atoms with Crippen molar-refractivity contribution in [2.45, 2.75) is 44.2 Å². The Balaban J connectivity index is 1.61. The number of thiazole rings is 1. The van der Waals surface area contributed by atoms with Gasteiger partial charge in [0.2, 0.25) is 0 Å². The quantitative estimate of drug-likeness (QED) is 0.803. The number of ketones is 1. The number of carbonyl (C=O) groups is 1. The van der Waals surface area contributed by atoms with E-state index in [0.717, 1.165) is 25.8 Å². The van der Waals surface area contributed by atoms with Gasteiger partial charge in [0.25, 0.3) is 0 Å². The molecule has 3 heterocycles. The average molecular weight is 236 g/mol. The highest BCUT2D eigenvalue weighted by atomic mass is 32.1. The van der Waals surface area contributed by atoms with Crippen molar-refractivity contribution < 1.29 is 4.79 Å². The Kier molecular flexibility index (Phi) is 2.77. The summed E-state index contributed by atoms with van der Waals surface area (Å²) in [5, 5.41) is 3.25. The SMILES string of the molecule is O=C1CC2CCC(C1)N2CCc1nccs1. The Hall–Kier alpha value is -0.740. The maximum Gasteiger partial charge on any atom is 0.136 e. The van der Waals surface area contributed by atoms with Gasteiger partial charge in [-0.05, 0) is 12.8 Å². The molecule has 86 valence electrons. The molecule has 0 radical (unpaired) electrons. The van der Waals surface area contributed by atoms with Gasteiger partial charge in [-0.25, -0.2) is 4.98 Å². The van der Waals surface area contributed by atoms with Crippen molar-refractivity contribution in [1.29, 1.82) is 0 Å². The highest BCUT2D eigenvalue weighted by molar-refractivity contribution is 7.09. The lowest BCUT2D eigenvalue weighted by Gasteiger charge is -2.33. The Morgan fingerprint density at radius 2 is 2.12 bits per heavy atom. The first-order valence-corrected chi connectivity index (χ1v) is 6.87. The van der Waals surface area contributed by atoms with Gasteiger partial charge < -0.3 is 0 Å². The van der Waals surface area contributed by atoms with E-state index < -0.39 is 0 Å². The van der Waals surface area contributed by atoms with Gasteiger partial charge in [0.15, 0.2) is 0 Å². The summed E-state index contributed by atoms with van der Waals surface area (Å²) >= 11 is 1.73. The average Bonchev–Trinajstić information content (AvgIpc) is 2.83. The van der Waals surface area contributed by atoms with E-state index in [9.17, 15) is 4.79 Å². The van der Waals surface area contributed by atoms with Crippen LogP contribution in [0, 0.1) is 0 Å². The first-order valence-electron chi connectivity index (χ1n) is 5.99. The summed E-state index contributed by atoms with van der Waals surface area (Å²) in [4.78, 5) is 18.3. The predicted octanol–water partition coefficient (Wildman–Crippen LogP) is 1.88. The van der Waals surface area contributed by atoms with Crippen molar-refractivity contribution in [1.82, 2.24) is 9.88 Å². The lowest BCUT2D eigenvalue weighted by Crippen LogP contribution is -2.44. The van der Waals surface area contributed by atoms with Crippen LogP contribution in [0.4, 0.5) is 0 Å². The number of aromatic nitrogens is 1. The summed E-state index contributed by atoms with van der Waals surface area (Å²) < 4.78 is 0. The molecule has 3 rings (SSSR count). The van der Waals surface area contributed by atoms with Crippen LogP contribution in [-0.4, -0.2) is 34.3 Å². The summed E-state index contributed by atoms with van der Waals surface area (Å²) in [5.74, 6) is 0.470. The molecular weight excluding hydrogens is 220 g/mol. The summed E-state index contributed by atoms with van der Waals surface area (Å²) in [6.45, 7) is 1.08. The molecule has 16 heavy (non-hydrogen) atoms. The van der Waals surface area contributed by atoms with Gasteiger partial charge in [0.05, 0.1) is 5.01 Å². The molecule has 4 heteroatoms. The number of hydrogen-bond donors (Lipinski definition) is 0. The smallest absolute Gasteiger partial charge is 0.136 e. The fourth-order valence-electron chi connectivity index (χ4n) is 3.03. The standard InChI is InChI=1S/C12H16N2OS/c15-11-7-9-1-2-10(8-11)14(9)5-3-12-13-4-6-16-12/h4,6,9-10H,1-3,5,7-8H2. The van der Waals surface area contributed by atoms with Crippen LogP contribution in [-0.2, 0) is 11.2 Å². The molecule has 0 saturated carbocycles. The minimum atomic E-state index is 0.470. The number of fused-ring (bicyclic) bond motifs is 2. The zero-order valence-electron chi connectivity index (χ0n) is 9.26. The largest absolute Gasteiger partial charge is 0.300 e. The molecule has 2 saturated heterocycles. The van der Waals surface area contributed by atoms with Gasteiger partial charge in [-0.3, -0.25) is 9.69 Å². The van der Waals surface area contributed by atoms with Crippen molar-refractivity contribution in [2.75, 3.05) is 6.54 Å². The first-order chi connectivity index (χ1) is 7.83. The van der Waals surface area contributed by atoms with Crippen molar-refractivity contribution in [2.24, 2.45) is 0 Å². The van der Waals surface area contributed by atoms with Crippen LogP contribution in [0.1, 0.15) is 30.7 Å². The lowest BCUT2D eigenvalue weighted by molar-refractivity contribution is -0.123. The topological polar surface area (TPSA) is 33.2 Å². The van der Waals surface area contributed by atoms with Crippen LogP contribution >= 0.6 is 11.3 Å². The third-order valence-corrected chi connectivity index (χ3v) is 4.60. The molecule has 1 aromatic heterocycles. The van der Waals surface area contributed by atoms with E-state index in [2.05, 4.69) is 9.88 Å². The highest BCUT2D eigenvalue weighted by Gasteiger charge is 2.39. The molecule has 0 spiro atoms. The Morgan fingerprint density at radius 3 is 2.75 bits per heavy atom. The van der Waals surface area contributed by atoms with E-state index in [1.54, 1.807) is 11.3 Å². The number of piperidine rings is 1. The van der Waals surface area contributed by atoms with Crippen molar-refractivity contribution in [3.8, 4) is 0 Å². The Labute approximate surface area is 99.5 Å². The van der Waals surface area contributed by atoms with Crippen LogP contribution in [0.2, 0.25) is 0 Å². The van der Waals surface area contributed by atoms with E-state index in [-0.39, 0.29) is 0 Å². The third-order valence-electron chi connectivity index (χ3n) is 3.77. The van der Waals surface area contributed by atoms with Crippen LogP contribution in [0.15, 0.2) is 11.6 Å². The van der Waals surface area contributed by atoms with Crippen molar-refractivity contribution >= 4 is 17.1 Å². The zero-order valence-corrected chi connectivity index (χ0v) is 10.1. The molecule has 1 aromatic rings. The zero-order chi connectivity index (χ0) is 11.0. The Bertz CT molecular complexity index is 360. The van der Waals surface area contributed by atoms with E-state index in [0.29, 0.717) is 17.9 Å². The number of carbonyl (C=O) groups excluding carboxylic acids is 1. The maximum atomic E-state index is 11.5.